The summed E-state index contributed by atoms with van der Waals surface area (Å²) in [6.45, 7) is 2.22. The molecule has 1 N–H and O–H groups in total. The van der Waals surface area contributed by atoms with Crippen molar-refractivity contribution in [2.75, 3.05) is 20.0 Å². The number of methoxy groups -OCH3 is 2. The maximum absolute atomic E-state index is 13.5. The molecule has 0 saturated heterocycles. The van der Waals surface area contributed by atoms with Crippen molar-refractivity contribution in [2.24, 2.45) is 12.1 Å². The van der Waals surface area contributed by atoms with E-state index in [1.807, 2.05) is 50.4 Å². The van der Waals surface area contributed by atoms with Crippen molar-refractivity contribution in [2.45, 2.75) is 31.1 Å². The van der Waals surface area contributed by atoms with E-state index in [2.05, 4.69) is 27.6 Å². The lowest BCUT2D eigenvalue weighted by Crippen LogP contribution is -2.28. The molecule has 2 heterocycles. The van der Waals surface area contributed by atoms with E-state index >= 15 is 0 Å². The van der Waals surface area contributed by atoms with Crippen LogP contribution in [-0.2, 0) is 18.4 Å². The fraction of sp³-hybridized carbons (Fsp3) is 0.258. The number of hydrogen-bond donors (Lipinski definition) is 1. The molecule has 10 nitrogen and oxygen atoms in total. The van der Waals surface area contributed by atoms with E-state index in [4.69, 9.17) is 14.6 Å². The number of hydrogen-bond acceptors (Lipinski definition) is 8. The molecule has 11 heteroatoms. The second-order valence-electron chi connectivity index (χ2n) is 9.81. The van der Waals surface area contributed by atoms with Gasteiger partial charge in [0.15, 0.2) is 11.0 Å². The van der Waals surface area contributed by atoms with Gasteiger partial charge in [-0.2, -0.15) is 5.10 Å². The Kier molecular flexibility index (Phi) is 8.87. The number of carbonyl (C=O) groups excluding carboxylic acids is 2. The number of ether oxygens (including phenoxy) is 2. The summed E-state index contributed by atoms with van der Waals surface area (Å²) in [6.07, 6.45) is 0.604. The number of thioether (sulfide) groups is 1. The van der Waals surface area contributed by atoms with Gasteiger partial charge in [-0.05, 0) is 60.5 Å². The summed E-state index contributed by atoms with van der Waals surface area (Å²) in [6, 6.07) is 22.6. The average molecular weight is 585 g/mol. The van der Waals surface area contributed by atoms with Crippen LogP contribution in [-0.4, -0.2) is 57.3 Å². The fourth-order valence-corrected chi connectivity index (χ4v) is 5.37. The lowest BCUT2D eigenvalue weighted by Gasteiger charge is -2.22. The van der Waals surface area contributed by atoms with E-state index in [0.717, 1.165) is 28.2 Å². The van der Waals surface area contributed by atoms with Crippen LogP contribution in [0.25, 0.3) is 0 Å². The first kappa shape index (κ1) is 28.9. The van der Waals surface area contributed by atoms with Crippen molar-refractivity contribution in [3.05, 3.63) is 101 Å². The normalized spacial score (nSPS) is 14.4. The standard InChI is InChI=1S/C31H32N6O4S/c1-20-8-10-22(11-9-20)27-17-26(21-12-14-24(40-3)15-13-21)35-37(27)29(38)19-42-31-34-33-28(36(31)2)18-32-30(39)23-6-5-7-25(16-23)41-4/h5-16,27H,17-19H2,1-4H3,(H,32,39)/t27-/m0/s1. The third-order valence-electron chi connectivity index (χ3n) is 7.04. The Bertz CT molecular complexity index is 1600. The summed E-state index contributed by atoms with van der Waals surface area (Å²) in [4.78, 5) is 26.1. The molecule has 1 aromatic heterocycles. The summed E-state index contributed by atoms with van der Waals surface area (Å²) in [7, 11) is 5.00. The number of amides is 2. The van der Waals surface area contributed by atoms with Crippen LogP contribution in [0.5, 0.6) is 11.5 Å². The first-order valence-electron chi connectivity index (χ1n) is 13.4. The quantitative estimate of drug-likeness (QED) is 0.273. The van der Waals surface area contributed by atoms with E-state index in [-0.39, 0.29) is 30.2 Å². The summed E-state index contributed by atoms with van der Waals surface area (Å²) < 4.78 is 12.3. The number of hydrazone groups is 1. The highest BCUT2D eigenvalue weighted by Crippen LogP contribution is 2.34. The molecule has 0 fully saturated rings. The Balaban J connectivity index is 1.26. The zero-order valence-electron chi connectivity index (χ0n) is 23.9. The third-order valence-corrected chi connectivity index (χ3v) is 8.05. The topological polar surface area (TPSA) is 111 Å². The van der Waals surface area contributed by atoms with Crippen LogP contribution in [0, 0.1) is 6.92 Å². The van der Waals surface area contributed by atoms with Crippen LogP contribution >= 0.6 is 11.8 Å². The van der Waals surface area contributed by atoms with Crippen LogP contribution < -0.4 is 14.8 Å². The van der Waals surface area contributed by atoms with Gasteiger partial charge in [0.25, 0.3) is 11.8 Å². The van der Waals surface area contributed by atoms with Crippen molar-refractivity contribution in [3.63, 3.8) is 0 Å². The van der Waals surface area contributed by atoms with Crippen LogP contribution in [0.2, 0.25) is 0 Å². The molecule has 0 aliphatic carbocycles. The van der Waals surface area contributed by atoms with Crippen molar-refractivity contribution in [3.8, 4) is 11.5 Å². The molecule has 3 aromatic carbocycles. The van der Waals surface area contributed by atoms with E-state index in [9.17, 15) is 9.59 Å². The molecule has 4 aromatic rings. The molecule has 0 radical (unpaired) electrons. The van der Waals surface area contributed by atoms with Gasteiger partial charge in [0, 0.05) is 19.0 Å². The number of aryl methyl sites for hydroxylation is 1. The van der Waals surface area contributed by atoms with Gasteiger partial charge in [-0.3, -0.25) is 9.59 Å². The van der Waals surface area contributed by atoms with Crippen molar-refractivity contribution >= 4 is 29.3 Å². The molecule has 42 heavy (non-hydrogen) atoms. The average Bonchev–Trinajstić information content (AvgIpc) is 3.63. The summed E-state index contributed by atoms with van der Waals surface area (Å²) in [5.41, 5.74) is 4.46. The van der Waals surface area contributed by atoms with Crippen LogP contribution in [0.4, 0.5) is 0 Å². The molecule has 216 valence electrons. The van der Waals surface area contributed by atoms with Gasteiger partial charge in [0.2, 0.25) is 0 Å². The predicted octanol–water partition coefficient (Wildman–Crippen LogP) is 4.54. The van der Waals surface area contributed by atoms with Crippen LogP contribution in [0.3, 0.4) is 0 Å². The second-order valence-corrected chi connectivity index (χ2v) is 10.7. The van der Waals surface area contributed by atoms with Gasteiger partial charge in [-0.15, -0.1) is 10.2 Å². The highest BCUT2D eigenvalue weighted by molar-refractivity contribution is 7.99. The monoisotopic (exact) mass is 584 g/mol. The number of nitrogens with one attached hydrogen (secondary N) is 1. The van der Waals surface area contributed by atoms with E-state index < -0.39 is 0 Å². The zero-order chi connectivity index (χ0) is 29.6. The maximum Gasteiger partial charge on any atom is 0.253 e. The van der Waals surface area contributed by atoms with E-state index in [0.29, 0.717) is 28.7 Å². The smallest absolute Gasteiger partial charge is 0.253 e. The van der Waals surface area contributed by atoms with Gasteiger partial charge in [0.1, 0.15) is 11.5 Å². The van der Waals surface area contributed by atoms with Crippen LogP contribution in [0.15, 0.2) is 83.1 Å². The fourth-order valence-electron chi connectivity index (χ4n) is 4.59. The molecule has 5 rings (SSSR count). The zero-order valence-corrected chi connectivity index (χ0v) is 24.7. The molecule has 2 amide bonds. The highest BCUT2D eigenvalue weighted by atomic mass is 32.2. The summed E-state index contributed by atoms with van der Waals surface area (Å²) in [5.74, 6) is 1.68. The minimum Gasteiger partial charge on any atom is -0.497 e. The Hall–Kier alpha value is -4.64. The number of benzene rings is 3. The summed E-state index contributed by atoms with van der Waals surface area (Å²) in [5, 5.41) is 18.2. The first-order chi connectivity index (χ1) is 20.4. The van der Waals surface area contributed by atoms with Crippen molar-refractivity contribution in [1.82, 2.24) is 25.1 Å². The molecule has 0 bridgehead atoms. The number of rotatable bonds is 10. The molecule has 0 saturated carbocycles. The van der Waals surface area contributed by atoms with Gasteiger partial charge < -0.3 is 19.4 Å². The molecule has 0 spiro atoms. The Labute approximate surface area is 248 Å². The van der Waals surface area contributed by atoms with Crippen LogP contribution in [0.1, 0.15) is 45.3 Å². The number of nitrogens with zero attached hydrogens (tertiary/aromatic N) is 5. The van der Waals surface area contributed by atoms with Gasteiger partial charge in [-0.1, -0.05) is 47.7 Å². The predicted molar refractivity (Wildman–Crippen MR) is 161 cm³/mol. The minimum atomic E-state index is -0.247. The molecular weight excluding hydrogens is 552 g/mol. The Morgan fingerprint density at radius 3 is 2.43 bits per heavy atom. The maximum atomic E-state index is 13.5. The molecular formula is C31H32N6O4S. The first-order valence-corrected chi connectivity index (χ1v) is 14.4. The number of carbonyl (C=O) groups is 2. The van der Waals surface area contributed by atoms with Crippen molar-refractivity contribution < 1.29 is 19.1 Å². The molecule has 1 aliphatic rings. The Morgan fingerprint density at radius 2 is 1.71 bits per heavy atom. The van der Waals surface area contributed by atoms with Gasteiger partial charge >= 0.3 is 0 Å². The van der Waals surface area contributed by atoms with Crippen molar-refractivity contribution in [1.29, 1.82) is 0 Å². The number of aromatic nitrogens is 3. The highest BCUT2D eigenvalue weighted by Gasteiger charge is 2.33. The lowest BCUT2D eigenvalue weighted by atomic mass is 9.97. The third kappa shape index (κ3) is 6.46. The Morgan fingerprint density at radius 1 is 0.976 bits per heavy atom. The molecule has 1 aliphatic heterocycles. The summed E-state index contributed by atoms with van der Waals surface area (Å²) >= 11 is 1.28. The lowest BCUT2D eigenvalue weighted by molar-refractivity contribution is -0.130. The molecule has 1 atom stereocenters. The minimum absolute atomic E-state index is 0.129. The van der Waals surface area contributed by atoms with Gasteiger partial charge in [0.05, 0.1) is 38.3 Å². The van der Waals surface area contributed by atoms with E-state index in [1.54, 1.807) is 48.1 Å². The second kappa shape index (κ2) is 12.9. The van der Waals surface area contributed by atoms with E-state index in [1.165, 1.54) is 11.8 Å². The molecule has 0 unspecified atom stereocenters. The van der Waals surface area contributed by atoms with Gasteiger partial charge in [-0.25, -0.2) is 5.01 Å². The largest absolute Gasteiger partial charge is 0.497 e. The SMILES string of the molecule is COc1ccc(C2=NN(C(=O)CSc3nnc(CNC(=O)c4cccc(OC)c4)n3C)[C@H](c3ccc(C)cc3)C2)cc1.